The number of aliphatic hydroxyl groups is 1. The van der Waals surface area contributed by atoms with Crippen LogP contribution in [-0.2, 0) is 38.1 Å². The van der Waals surface area contributed by atoms with Gasteiger partial charge in [-0.2, -0.15) is 0 Å². The molecule has 3 heterocycles. The number of ether oxygens (including phenoxy) is 5. The summed E-state index contributed by atoms with van der Waals surface area (Å²) < 4.78 is 26.8. The minimum Gasteiger partial charge on any atom is -0.466 e. The van der Waals surface area contributed by atoms with Gasteiger partial charge in [0.2, 0.25) is 0 Å². The summed E-state index contributed by atoms with van der Waals surface area (Å²) in [5.41, 5.74) is -0.473. The normalized spacial score (nSPS) is 45.6. The van der Waals surface area contributed by atoms with E-state index in [9.17, 15) is 19.5 Å². The van der Waals surface area contributed by atoms with Crippen LogP contribution in [0.5, 0.6) is 0 Å². The highest BCUT2D eigenvalue weighted by atomic mass is 16.7. The highest BCUT2D eigenvalue weighted by molar-refractivity contribution is 5.93. The van der Waals surface area contributed by atoms with Crippen molar-refractivity contribution in [2.75, 3.05) is 7.11 Å². The molecule has 0 aromatic rings. The minimum absolute atomic E-state index is 0.0360. The molecule has 4 aliphatic rings. The van der Waals surface area contributed by atoms with E-state index in [4.69, 9.17) is 23.7 Å². The molecule has 0 radical (unpaired) electrons. The third-order valence-electron chi connectivity index (χ3n) is 6.20. The molecule has 3 fully saturated rings. The summed E-state index contributed by atoms with van der Waals surface area (Å²) in [5.74, 6) is -3.09. The Morgan fingerprint density at radius 1 is 1.27 bits per heavy atom. The van der Waals surface area contributed by atoms with Crippen LogP contribution >= 0.6 is 0 Å². The van der Waals surface area contributed by atoms with Crippen LogP contribution in [-0.4, -0.2) is 72.3 Å². The second-order valence-electron chi connectivity index (χ2n) is 8.15. The monoisotopic (exact) mass is 420 g/mol. The number of rotatable bonds is 3. The fraction of sp³-hybridized carbons (Fsp3) is 0.571. The first-order chi connectivity index (χ1) is 14.1. The molecule has 8 atom stereocenters. The Hall–Kier alpha value is -2.49. The summed E-state index contributed by atoms with van der Waals surface area (Å²) in [6.07, 6.45) is -1.75. The molecule has 9 heteroatoms. The van der Waals surface area contributed by atoms with Crippen molar-refractivity contribution < 1.29 is 43.2 Å². The molecule has 1 aliphatic carbocycles. The molecule has 1 N–H and O–H groups in total. The second kappa shape index (κ2) is 7.04. The van der Waals surface area contributed by atoms with Gasteiger partial charge in [0.05, 0.1) is 24.7 Å². The molecule has 9 nitrogen and oxygen atoms in total. The van der Waals surface area contributed by atoms with Crippen molar-refractivity contribution >= 4 is 17.9 Å². The Morgan fingerprint density at radius 3 is 2.53 bits per heavy atom. The lowest BCUT2D eigenvalue weighted by Gasteiger charge is -2.31. The predicted molar refractivity (Wildman–Crippen MR) is 99.9 cm³/mol. The predicted octanol–water partition coefficient (Wildman–Crippen LogP) is 0.361. The molecule has 0 aromatic heterocycles. The number of epoxide rings is 2. The van der Waals surface area contributed by atoms with Crippen LogP contribution in [0.25, 0.3) is 0 Å². The van der Waals surface area contributed by atoms with Crippen LogP contribution in [0, 0.1) is 5.92 Å². The zero-order chi connectivity index (χ0) is 22.0. The smallest absolute Gasteiger partial charge is 0.341 e. The van der Waals surface area contributed by atoms with Crippen molar-refractivity contribution in [1.29, 1.82) is 0 Å². The molecular weight excluding hydrogens is 396 g/mol. The highest BCUT2D eigenvalue weighted by Gasteiger charge is 2.59. The number of carbonyl (C=O) groups excluding carboxylic acids is 3. The van der Waals surface area contributed by atoms with Crippen molar-refractivity contribution in [3.63, 3.8) is 0 Å². The average Bonchev–Trinajstić information content (AvgIpc) is 3.58. The first-order valence-corrected chi connectivity index (χ1v) is 9.69. The first-order valence-electron chi connectivity index (χ1n) is 9.69. The summed E-state index contributed by atoms with van der Waals surface area (Å²) in [4.78, 5) is 37.5. The standard InChI is InChI=1S/C21H24O9/c1-8-6-12-14(9(2)18(23)28-12)17(29-20(25)21(4)10(3)30-21)15(22)11(19(24)26-5)7-13-16(8)27-13/h6-7,10,12-17,22H,2H2,1,3-5H3/b8-6+,11-7+/t10-,12-,13+,14-,15+,16+,17+,21+/m1/s1. The number of hydrogen-bond acceptors (Lipinski definition) is 9. The van der Waals surface area contributed by atoms with Crippen molar-refractivity contribution in [2.45, 2.75) is 63.0 Å². The molecule has 0 aromatic carbocycles. The van der Waals surface area contributed by atoms with Gasteiger partial charge < -0.3 is 28.8 Å². The van der Waals surface area contributed by atoms with Crippen LogP contribution in [0.3, 0.4) is 0 Å². The van der Waals surface area contributed by atoms with Crippen LogP contribution < -0.4 is 0 Å². The molecule has 162 valence electrons. The first kappa shape index (κ1) is 20.8. The molecule has 4 rings (SSSR count). The van der Waals surface area contributed by atoms with Crippen molar-refractivity contribution in [3.05, 3.63) is 35.5 Å². The van der Waals surface area contributed by atoms with Crippen LogP contribution in [0.1, 0.15) is 20.8 Å². The van der Waals surface area contributed by atoms with E-state index in [-0.39, 0.29) is 23.4 Å². The maximum atomic E-state index is 12.8. The maximum absolute atomic E-state index is 12.8. The molecule has 0 spiro atoms. The van der Waals surface area contributed by atoms with Gasteiger partial charge in [-0.1, -0.05) is 6.58 Å². The molecule has 30 heavy (non-hydrogen) atoms. The molecule has 0 amide bonds. The van der Waals surface area contributed by atoms with E-state index in [0.717, 1.165) is 5.57 Å². The van der Waals surface area contributed by atoms with Gasteiger partial charge in [0, 0.05) is 5.57 Å². The Balaban J connectivity index is 1.77. The van der Waals surface area contributed by atoms with Crippen molar-refractivity contribution in [3.8, 4) is 0 Å². The molecule has 3 saturated heterocycles. The van der Waals surface area contributed by atoms with E-state index in [2.05, 4.69) is 6.58 Å². The Kier molecular flexibility index (Phi) is 4.87. The Morgan fingerprint density at radius 2 is 1.93 bits per heavy atom. The Labute approximate surface area is 173 Å². The lowest BCUT2D eigenvalue weighted by atomic mass is 9.83. The minimum atomic E-state index is -1.60. The van der Waals surface area contributed by atoms with Crippen LogP contribution in [0.15, 0.2) is 35.5 Å². The van der Waals surface area contributed by atoms with E-state index in [1.807, 2.05) is 6.92 Å². The molecular formula is C21H24O9. The maximum Gasteiger partial charge on any atom is 0.341 e. The summed E-state index contributed by atoms with van der Waals surface area (Å²) in [5, 5.41) is 11.1. The number of esters is 3. The van der Waals surface area contributed by atoms with Gasteiger partial charge in [-0.15, -0.1) is 0 Å². The van der Waals surface area contributed by atoms with Gasteiger partial charge in [-0.05, 0) is 38.5 Å². The van der Waals surface area contributed by atoms with Gasteiger partial charge in [0.1, 0.15) is 30.5 Å². The third-order valence-corrected chi connectivity index (χ3v) is 6.20. The zero-order valence-electron chi connectivity index (χ0n) is 17.1. The largest absolute Gasteiger partial charge is 0.466 e. The van der Waals surface area contributed by atoms with Crippen molar-refractivity contribution in [1.82, 2.24) is 0 Å². The quantitative estimate of drug-likeness (QED) is 0.227. The van der Waals surface area contributed by atoms with E-state index in [0.29, 0.717) is 0 Å². The lowest BCUT2D eigenvalue weighted by molar-refractivity contribution is -0.165. The lowest BCUT2D eigenvalue weighted by Crippen LogP contribution is -2.46. The average molecular weight is 420 g/mol. The van der Waals surface area contributed by atoms with E-state index < -0.39 is 53.8 Å². The van der Waals surface area contributed by atoms with Crippen LogP contribution in [0.2, 0.25) is 0 Å². The summed E-state index contributed by atoms with van der Waals surface area (Å²) in [6.45, 7) is 8.86. The van der Waals surface area contributed by atoms with E-state index in [1.54, 1.807) is 19.9 Å². The second-order valence-corrected chi connectivity index (χ2v) is 8.15. The van der Waals surface area contributed by atoms with Gasteiger partial charge in [0.25, 0.3) is 0 Å². The number of hydrogen-bond donors (Lipinski definition) is 1. The van der Waals surface area contributed by atoms with E-state index in [1.165, 1.54) is 13.2 Å². The highest BCUT2D eigenvalue weighted by Crippen LogP contribution is 2.42. The van der Waals surface area contributed by atoms with Gasteiger partial charge in [0.15, 0.2) is 5.60 Å². The fourth-order valence-electron chi connectivity index (χ4n) is 3.98. The molecule has 0 bridgehead atoms. The van der Waals surface area contributed by atoms with Gasteiger partial charge in [-0.3, -0.25) is 0 Å². The summed E-state index contributed by atoms with van der Waals surface area (Å²) in [6, 6.07) is 0. The molecule has 3 aliphatic heterocycles. The van der Waals surface area contributed by atoms with Gasteiger partial charge in [-0.25, -0.2) is 14.4 Å². The number of carbonyl (C=O) groups is 3. The van der Waals surface area contributed by atoms with E-state index >= 15 is 0 Å². The van der Waals surface area contributed by atoms with Crippen molar-refractivity contribution in [2.24, 2.45) is 5.92 Å². The summed E-state index contributed by atoms with van der Waals surface area (Å²) in [7, 11) is 1.18. The number of methoxy groups -OCH3 is 1. The number of fused-ring (bicyclic) bond motifs is 2. The topological polar surface area (TPSA) is 124 Å². The third kappa shape index (κ3) is 3.27. The molecule has 0 saturated carbocycles. The number of aliphatic hydroxyl groups excluding tert-OH is 1. The fourth-order valence-corrected chi connectivity index (χ4v) is 3.98. The van der Waals surface area contributed by atoms with Gasteiger partial charge >= 0.3 is 17.9 Å². The van der Waals surface area contributed by atoms with Crippen LogP contribution in [0.4, 0.5) is 0 Å². The summed E-state index contributed by atoms with van der Waals surface area (Å²) >= 11 is 0. The Bertz CT molecular complexity index is 887. The molecule has 0 unspecified atom stereocenters. The zero-order valence-corrected chi connectivity index (χ0v) is 17.1. The SMILES string of the molecule is C=C1C(=O)O[C@@H]2/C=C(\C)[C@@H]3O[C@H]3/C=C(/C(=O)OC)[C@H](O)[C@@H](OC(=O)[C@@]3(C)O[C@@H]3C)[C@H]12.